The van der Waals surface area contributed by atoms with Crippen LogP contribution in [0.15, 0.2) is 48.5 Å². The monoisotopic (exact) mass is 335 g/mol. The molecule has 0 unspecified atom stereocenters. The van der Waals surface area contributed by atoms with E-state index in [4.69, 9.17) is 10.00 Å². The lowest BCUT2D eigenvalue weighted by molar-refractivity contribution is 0.224. The maximum absolute atomic E-state index is 8.79. The van der Waals surface area contributed by atoms with Gasteiger partial charge >= 0.3 is 0 Å². The number of hydrogen-bond acceptors (Lipinski definition) is 4. The van der Waals surface area contributed by atoms with Gasteiger partial charge in [-0.05, 0) is 49.2 Å². The van der Waals surface area contributed by atoms with E-state index in [0.717, 1.165) is 44.9 Å². The summed E-state index contributed by atoms with van der Waals surface area (Å²) >= 11 is 0. The van der Waals surface area contributed by atoms with Crippen molar-refractivity contribution in [2.24, 2.45) is 0 Å². The van der Waals surface area contributed by atoms with Crippen LogP contribution >= 0.6 is 0 Å². The van der Waals surface area contributed by atoms with E-state index in [2.05, 4.69) is 47.1 Å². The third-order valence-electron chi connectivity index (χ3n) is 4.70. The summed E-state index contributed by atoms with van der Waals surface area (Å²) in [5.74, 6) is 0.836. The lowest BCUT2D eigenvalue weighted by atomic mass is 10.1. The highest BCUT2D eigenvalue weighted by Gasteiger charge is 2.17. The quantitative estimate of drug-likeness (QED) is 0.758. The topological polar surface area (TPSA) is 39.5 Å². The highest BCUT2D eigenvalue weighted by molar-refractivity contribution is 5.53. The Bertz CT molecular complexity index is 713. The van der Waals surface area contributed by atoms with E-state index in [0.29, 0.717) is 12.2 Å². The normalized spacial score (nSPS) is 15.0. The molecule has 2 aromatic rings. The Morgan fingerprint density at radius 3 is 2.40 bits per heavy atom. The summed E-state index contributed by atoms with van der Waals surface area (Å²) in [5, 5.41) is 8.79. The van der Waals surface area contributed by atoms with Crippen molar-refractivity contribution in [1.29, 1.82) is 5.26 Å². The third kappa shape index (κ3) is 4.74. The second kappa shape index (κ2) is 8.55. The van der Waals surface area contributed by atoms with E-state index in [1.807, 2.05) is 12.1 Å². The molecule has 0 saturated carbocycles. The highest BCUT2D eigenvalue weighted by atomic mass is 16.5. The van der Waals surface area contributed by atoms with E-state index < -0.39 is 0 Å². The lowest BCUT2D eigenvalue weighted by Gasteiger charge is -2.36. The van der Waals surface area contributed by atoms with Gasteiger partial charge in [-0.25, -0.2) is 0 Å². The van der Waals surface area contributed by atoms with Gasteiger partial charge in [0.05, 0.1) is 18.2 Å². The predicted octanol–water partition coefficient (Wildman–Crippen LogP) is 3.46. The molecule has 0 aromatic heterocycles. The van der Waals surface area contributed by atoms with Gasteiger partial charge in [0.25, 0.3) is 0 Å². The minimum atomic E-state index is 0.666. The van der Waals surface area contributed by atoms with Crippen molar-refractivity contribution in [2.75, 3.05) is 44.2 Å². The number of benzene rings is 2. The van der Waals surface area contributed by atoms with Crippen LogP contribution in [0.4, 0.5) is 5.69 Å². The highest BCUT2D eigenvalue weighted by Crippen LogP contribution is 2.20. The first-order valence-corrected chi connectivity index (χ1v) is 8.92. The summed E-state index contributed by atoms with van der Waals surface area (Å²) in [6, 6.07) is 18.0. The molecule has 2 aromatic carbocycles. The molecule has 0 N–H and O–H groups in total. The number of anilines is 1. The van der Waals surface area contributed by atoms with Crippen LogP contribution in [-0.2, 0) is 0 Å². The van der Waals surface area contributed by atoms with Crippen LogP contribution in [0.3, 0.4) is 0 Å². The van der Waals surface area contributed by atoms with Gasteiger partial charge in [-0.3, -0.25) is 4.90 Å². The summed E-state index contributed by atoms with van der Waals surface area (Å²) in [7, 11) is 0. The number of aryl methyl sites for hydroxylation is 1. The molecule has 1 heterocycles. The summed E-state index contributed by atoms with van der Waals surface area (Å²) < 4.78 is 5.76. The average molecular weight is 335 g/mol. The molecular weight excluding hydrogens is 310 g/mol. The van der Waals surface area contributed by atoms with E-state index in [1.54, 1.807) is 12.1 Å². The fraction of sp³-hybridized carbons (Fsp3) is 0.381. The second-order valence-corrected chi connectivity index (χ2v) is 6.45. The molecule has 0 amide bonds. The molecule has 0 spiro atoms. The molecule has 1 saturated heterocycles. The van der Waals surface area contributed by atoms with E-state index in [1.165, 1.54) is 11.3 Å². The average Bonchev–Trinajstić information content (AvgIpc) is 2.67. The van der Waals surface area contributed by atoms with Gasteiger partial charge in [0.2, 0.25) is 0 Å². The van der Waals surface area contributed by atoms with Crippen molar-refractivity contribution in [3.05, 3.63) is 59.7 Å². The molecule has 0 aliphatic carbocycles. The van der Waals surface area contributed by atoms with E-state index >= 15 is 0 Å². The van der Waals surface area contributed by atoms with Crippen molar-refractivity contribution in [3.63, 3.8) is 0 Å². The number of piperazine rings is 1. The Kier molecular flexibility index (Phi) is 5.92. The Balaban J connectivity index is 1.36. The molecule has 1 aliphatic rings. The Morgan fingerprint density at radius 1 is 1.00 bits per heavy atom. The summed E-state index contributed by atoms with van der Waals surface area (Å²) in [6.45, 7) is 8.34. The molecular formula is C21H25N3O. The smallest absolute Gasteiger partial charge is 0.119 e. The largest absolute Gasteiger partial charge is 0.494 e. The van der Waals surface area contributed by atoms with Crippen LogP contribution in [0, 0.1) is 18.3 Å². The van der Waals surface area contributed by atoms with Crippen molar-refractivity contribution in [2.45, 2.75) is 13.3 Å². The fourth-order valence-electron chi connectivity index (χ4n) is 3.23. The molecule has 0 radical (unpaired) electrons. The number of nitrogens with zero attached hydrogens (tertiary/aromatic N) is 3. The number of hydrogen-bond donors (Lipinski definition) is 0. The Morgan fingerprint density at radius 2 is 1.72 bits per heavy atom. The fourth-order valence-corrected chi connectivity index (χ4v) is 3.23. The number of nitriles is 1. The van der Waals surface area contributed by atoms with Crippen LogP contribution in [0.5, 0.6) is 5.75 Å². The zero-order valence-electron chi connectivity index (χ0n) is 14.8. The van der Waals surface area contributed by atoms with Gasteiger partial charge in [0.1, 0.15) is 5.75 Å². The number of rotatable bonds is 6. The summed E-state index contributed by atoms with van der Waals surface area (Å²) in [4.78, 5) is 5.00. The molecule has 1 aliphatic heterocycles. The first-order valence-electron chi connectivity index (χ1n) is 8.92. The molecule has 0 bridgehead atoms. The Labute approximate surface area is 150 Å². The molecule has 3 rings (SSSR count). The van der Waals surface area contributed by atoms with E-state index in [-0.39, 0.29) is 0 Å². The number of ether oxygens (including phenoxy) is 1. The number of para-hydroxylation sites is 1. The zero-order chi connectivity index (χ0) is 17.5. The molecule has 0 atom stereocenters. The van der Waals surface area contributed by atoms with Crippen molar-refractivity contribution >= 4 is 5.69 Å². The van der Waals surface area contributed by atoms with Crippen molar-refractivity contribution < 1.29 is 4.74 Å². The van der Waals surface area contributed by atoms with Gasteiger partial charge in [-0.1, -0.05) is 18.2 Å². The van der Waals surface area contributed by atoms with Gasteiger partial charge in [-0.15, -0.1) is 0 Å². The molecule has 1 fully saturated rings. The van der Waals surface area contributed by atoms with E-state index in [9.17, 15) is 0 Å². The minimum absolute atomic E-state index is 0.666. The molecule has 4 heteroatoms. The van der Waals surface area contributed by atoms with Crippen LogP contribution < -0.4 is 9.64 Å². The zero-order valence-corrected chi connectivity index (χ0v) is 14.8. The van der Waals surface area contributed by atoms with Crippen LogP contribution in [0.1, 0.15) is 17.5 Å². The maximum atomic E-state index is 8.79. The van der Waals surface area contributed by atoms with Crippen molar-refractivity contribution in [3.8, 4) is 11.8 Å². The lowest BCUT2D eigenvalue weighted by Crippen LogP contribution is -2.47. The maximum Gasteiger partial charge on any atom is 0.119 e. The van der Waals surface area contributed by atoms with Gasteiger partial charge in [0, 0.05) is 38.4 Å². The van der Waals surface area contributed by atoms with Crippen LogP contribution in [0.2, 0.25) is 0 Å². The first-order chi connectivity index (χ1) is 12.3. The van der Waals surface area contributed by atoms with Crippen LogP contribution in [-0.4, -0.2) is 44.2 Å². The predicted molar refractivity (Wildman–Crippen MR) is 101 cm³/mol. The second-order valence-electron chi connectivity index (χ2n) is 6.45. The van der Waals surface area contributed by atoms with Gasteiger partial charge in [-0.2, -0.15) is 5.26 Å². The van der Waals surface area contributed by atoms with Gasteiger partial charge in [0.15, 0.2) is 0 Å². The summed E-state index contributed by atoms with van der Waals surface area (Å²) in [5.41, 5.74) is 3.39. The van der Waals surface area contributed by atoms with Crippen molar-refractivity contribution in [1.82, 2.24) is 4.90 Å². The van der Waals surface area contributed by atoms with Gasteiger partial charge < -0.3 is 9.64 Å². The summed E-state index contributed by atoms with van der Waals surface area (Å²) in [6.07, 6.45) is 1.02. The minimum Gasteiger partial charge on any atom is -0.494 e. The molecule has 130 valence electrons. The Hall–Kier alpha value is -2.51. The standard InChI is InChI=1S/C21H25N3O/c1-18-5-2-3-6-21(18)24-14-12-23(13-15-24)11-4-16-25-20-9-7-19(17-22)8-10-20/h2-3,5-10H,4,11-16H2,1H3. The van der Waals surface area contributed by atoms with Crippen LogP contribution in [0.25, 0.3) is 0 Å². The third-order valence-corrected chi connectivity index (χ3v) is 4.70. The molecule has 4 nitrogen and oxygen atoms in total. The molecule has 25 heavy (non-hydrogen) atoms. The first kappa shape index (κ1) is 17.3. The SMILES string of the molecule is Cc1ccccc1N1CCN(CCCOc2ccc(C#N)cc2)CC1.